The zero-order chi connectivity index (χ0) is 34.1. The Morgan fingerprint density at radius 1 is 1.12 bits per heavy atom. The number of benzene rings is 3. The number of imidazole rings is 1. The fourth-order valence-corrected chi connectivity index (χ4v) is 7.23. The van der Waals surface area contributed by atoms with Crippen LogP contribution in [-0.2, 0) is 30.0 Å². The molecule has 3 aromatic carbocycles. The molecule has 1 aliphatic rings. The average molecular weight is 677 g/mol. The number of esters is 1. The second-order valence-electron chi connectivity index (χ2n) is 11.8. The zero-order valence-corrected chi connectivity index (χ0v) is 27.8. The van der Waals surface area contributed by atoms with E-state index in [1.165, 1.54) is 14.0 Å². The minimum absolute atomic E-state index is 0.0352. The minimum Gasteiger partial charge on any atom is -0.479 e. The first-order valence-electron chi connectivity index (χ1n) is 15.3. The summed E-state index contributed by atoms with van der Waals surface area (Å²) in [4.78, 5) is 25.9. The van der Waals surface area contributed by atoms with Gasteiger partial charge in [0.2, 0.25) is 11.8 Å². The predicted molar refractivity (Wildman–Crippen MR) is 177 cm³/mol. The topological polar surface area (TPSA) is 182 Å². The van der Waals surface area contributed by atoms with Crippen LogP contribution in [-0.4, -0.2) is 62.1 Å². The SMILES string of the molecule is COc1nc(N)nc2c1nc(C)n2C1OC(COP(=O)(NC(C)C(=O)OCc2ccccc2)Oc2cccc3ccccc23)CC1(C)O. The van der Waals surface area contributed by atoms with E-state index in [0.717, 1.165) is 10.9 Å². The number of ether oxygens (including phenoxy) is 3. The minimum atomic E-state index is -4.28. The van der Waals surface area contributed by atoms with Crippen LogP contribution in [0.2, 0.25) is 0 Å². The highest BCUT2D eigenvalue weighted by Crippen LogP contribution is 2.48. The Morgan fingerprint density at radius 3 is 2.62 bits per heavy atom. The second kappa shape index (κ2) is 13.5. The van der Waals surface area contributed by atoms with Gasteiger partial charge in [-0.15, -0.1) is 0 Å². The van der Waals surface area contributed by atoms with E-state index < -0.39 is 37.7 Å². The van der Waals surface area contributed by atoms with Gasteiger partial charge in [-0.1, -0.05) is 66.7 Å². The Kier molecular flexibility index (Phi) is 9.37. The van der Waals surface area contributed by atoms with Crippen molar-refractivity contribution in [3.8, 4) is 11.6 Å². The first-order valence-corrected chi connectivity index (χ1v) is 16.8. The van der Waals surface area contributed by atoms with Crippen molar-refractivity contribution in [2.45, 2.75) is 57.8 Å². The van der Waals surface area contributed by atoms with Crippen LogP contribution in [0.5, 0.6) is 11.6 Å². The smallest absolute Gasteiger partial charge is 0.459 e. The van der Waals surface area contributed by atoms with Gasteiger partial charge in [0.15, 0.2) is 17.4 Å². The molecule has 14 nitrogen and oxygen atoms in total. The third-order valence-electron chi connectivity index (χ3n) is 7.95. The first kappa shape index (κ1) is 33.3. The van der Waals surface area contributed by atoms with E-state index in [2.05, 4.69) is 20.0 Å². The lowest BCUT2D eigenvalue weighted by Crippen LogP contribution is -2.35. The van der Waals surface area contributed by atoms with E-state index in [-0.39, 0.29) is 37.2 Å². The number of fused-ring (bicyclic) bond motifs is 2. The number of hydrogen-bond acceptors (Lipinski definition) is 12. The normalized spacial score (nSPS) is 21.2. The zero-order valence-electron chi connectivity index (χ0n) is 26.9. The predicted octanol–water partition coefficient (Wildman–Crippen LogP) is 4.84. The Balaban J connectivity index is 1.23. The standard InChI is InChI=1S/C33H37N6O8P/c1-20(30(40)44-18-22-11-6-5-7-12-22)38-48(42,47-26-16-10-14-23-13-8-9-15-25(23)26)45-19-24-17-33(3,41)31(46-24)39-21(2)35-27-28(39)36-32(34)37-29(27)43-4/h5-16,20,24,31,41H,17-19H2,1-4H3,(H,38,42)(H2,34,36,37). The fraction of sp³-hybridized carbons (Fsp3) is 0.333. The lowest BCUT2D eigenvalue weighted by Gasteiger charge is -2.26. The van der Waals surface area contributed by atoms with Crippen molar-refractivity contribution >= 4 is 41.6 Å². The maximum atomic E-state index is 14.4. The van der Waals surface area contributed by atoms with E-state index >= 15 is 0 Å². The Labute approximate surface area is 276 Å². The van der Waals surface area contributed by atoms with Crippen molar-refractivity contribution in [3.63, 3.8) is 0 Å². The molecule has 2 aromatic heterocycles. The number of hydrogen-bond donors (Lipinski definition) is 3. The largest absolute Gasteiger partial charge is 0.479 e. The molecule has 0 bridgehead atoms. The molecule has 6 rings (SSSR count). The number of rotatable bonds is 12. The maximum Gasteiger partial charge on any atom is 0.459 e. The molecule has 0 amide bonds. The van der Waals surface area contributed by atoms with Gasteiger partial charge in [0.25, 0.3) is 0 Å². The number of nitrogens with zero attached hydrogens (tertiary/aromatic N) is 4. The monoisotopic (exact) mass is 676 g/mol. The van der Waals surface area contributed by atoms with E-state index in [1.54, 1.807) is 30.5 Å². The molecule has 3 heterocycles. The molecule has 0 radical (unpaired) electrons. The molecule has 15 heteroatoms. The van der Waals surface area contributed by atoms with Gasteiger partial charge in [-0.3, -0.25) is 13.9 Å². The summed E-state index contributed by atoms with van der Waals surface area (Å²) in [5, 5.41) is 15.8. The summed E-state index contributed by atoms with van der Waals surface area (Å²) >= 11 is 0. The number of nitrogen functional groups attached to an aromatic ring is 1. The number of anilines is 1. The number of methoxy groups -OCH3 is 1. The highest BCUT2D eigenvalue weighted by Gasteiger charge is 2.47. The molecule has 0 aliphatic carbocycles. The van der Waals surface area contributed by atoms with Crippen molar-refractivity contribution in [2.24, 2.45) is 0 Å². The highest BCUT2D eigenvalue weighted by atomic mass is 31.2. The molecular weight excluding hydrogens is 639 g/mol. The average Bonchev–Trinajstić information content (AvgIpc) is 3.55. The summed E-state index contributed by atoms with van der Waals surface area (Å²) < 4.78 is 45.2. The maximum absolute atomic E-state index is 14.4. The van der Waals surface area contributed by atoms with Crippen LogP contribution in [0.15, 0.2) is 72.8 Å². The summed E-state index contributed by atoms with van der Waals surface area (Å²) in [6.07, 6.45) is -1.62. The number of aliphatic hydroxyl groups is 1. The summed E-state index contributed by atoms with van der Waals surface area (Å²) in [6, 6.07) is 20.9. The summed E-state index contributed by atoms with van der Waals surface area (Å²) in [7, 11) is -2.83. The molecule has 5 unspecified atom stereocenters. The number of nitrogens with one attached hydrogen (secondary N) is 1. The lowest BCUT2D eigenvalue weighted by molar-refractivity contribution is -0.146. The van der Waals surface area contributed by atoms with Gasteiger partial charge in [-0.05, 0) is 37.8 Å². The van der Waals surface area contributed by atoms with Gasteiger partial charge in [0, 0.05) is 11.8 Å². The van der Waals surface area contributed by atoms with Crippen LogP contribution >= 0.6 is 7.75 Å². The molecule has 252 valence electrons. The molecule has 5 aromatic rings. The molecular formula is C33H37N6O8P. The number of aromatic nitrogens is 4. The molecule has 1 fully saturated rings. The Bertz CT molecular complexity index is 1980. The van der Waals surface area contributed by atoms with Gasteiger partial charge in [-0.25, -0.2) is 9.55 Å². The Morgan fingerprint density at radius 2 is 1.85 bits per heavy atom. The third kappa shape index (κ3) is 6.98. The lowest BCUT2D eigenvalue weighted by atomic mass is 10.0. The number of carbonyl (C=O) groups excluding carboxylic acids is 1. The van der Waals surface area contributed by atoms with Crippen LogP contribution in [0.4, 0.5) is 5.95 Å². The molecule has 0 saturated carbocycles. The molecule has 4 N–H and O–H groups in total. The van der Waals surface area contributed by atoms with Gasteiger partial charge >= 0.3 is 13.7 Å². The molecule has 0 spiro atoms. The first-order chi connectivity index (χ1) is 23.0. The second-order valence-corrected chi connectivity index (χ2v) is 13.5. The quantitative estimate of drug-likeness (QED) is 0.121. The van der Waals surface area contributed by atoms with Gasteiger partial charge in [-0.2, -0.15) is 15.1 Å². The molecule has 5 atom stereocenters. The van der Waals surface area contributed by atoms with Crippen molar-refractivity contribution in [1.82, 2.24) is 24.6 Å². The van der Waals surface area contributed by atoms with Crippen molar-refractivity contribution < 1.29 is 37.7 Å². The number of nitrogens with two attached hydrogens (primary N) is 1. The van der Waals surface area contributed by atoms with Crippen LogP contribution in [0.3, 0.4) is 0 Å². The highest BCUT2D eigenvalue weighted by molar-refractivity contribution is 7.52. The summed E-state index contributed by atoms with van der Waals surface area (Å²) in [5.41, 5.74) is 5.97. The molecule has 48 heavy (non-hydrogen) atoms. The van der Waals surface area contributed by atoms with Crippen LogP contribution in [0, 0.1) is 6.92 Å². The number of carbonyl (C=O) groups is 1. The van der Waals surface area contributed by atoms with E-state index in [9.17, 15) is 14.5 Å². The molecule has 1 aliphatic heterocycles. The molecule has 1 saturated heterocycles. The van der Waals surface area contributed by atoms with E-state index in [1.807, 2.05) is 60.7 Å². The van der Waals surface area contributed by atoms with Crippen molar-refractivity contribution in [3.05, 3.63) is 84.2 Å². The van der Waals surface area contributed by atoms with Gasteiger partial charge in [0.1, 0.15) is 29.8 Å². The third-order valence-corrected chi connectivity index (χ3v) is 9.58. The summed E-state index contributed by atoms with van der Waals surface area (Å²) in [5.74, 6) is 0.267. The van der Waals surface area contributed by atoms with E-state index in [0.29, 0.717) is 22.4 Å². The van der Waals surface area contributed by atoms with Crippen LogP contribution in [0.25, 0.3) is 21.9 Å². The van der Waals surface area contributed by atoms with Crippen molar-refractivity contribution in [2.75, 3.05) is 19.5 Å². The Hall–Kier alpha value is -4.59. The van der Waals surface area contributed by atoms with Crippen molar-refractivity contribution in [1.29, 1.82) is 0 Å². The van der Waals surface area contributed by atoms with Gasteiger partial charge < -0.3 is 29.6 Å². The van der Waals surface area contributed by atoms with Gasteiger partial charge in [0.05, 0.1) is 19.8 Å². The summed E-state index contributed by atoms with van der Waals surface area (Å²) in [6.45, 7) is 4.63. The van der Waals surface area contributed by atoms with E-state index in [4.69, 9.17) is 29.0 Å². The van der Waals surface area contributed by atoms with Crippen LogP contribution in [0.1, 0.15) is 37.9 Å². The number of aryl methyl sites for hydroxylation is 1. The van der Waals surface area contributed by atoms with Crippen LogP contribution < -0.4 is 20.1 Å². The fourth-order valence-electron chi connectivity index (χ4n) is 5.69.